The lowest BCUT2D eigenvalue weighted by Gasteiger charge is -1.88. The summed E-state index contributed by atoms with van der Waals surface area (Å²) in [5.74, 6) is 0. The number of aldehydes is 1. The number of hydrogen-bond donors (Lipinski definition) is 0. The Morgan fingerprint density at radius 1 is 1.07 bits per heavy atom. The molecular formula is C12H23ClO. The Morgan fingerprint density at radius 2 is 1.50 bits per heavy atom. The highest BCUT2D eigenvalue weighted by atomic mass is 35.5. The van der Waals surface area contributed by atoms with E-state index in [1.807, 2.05) is 40.7 Å². The number of hydrogen-bond acceptors (Lipinski definition) is 1. The summed E-state index contributed by atoms with van der Waals surface area (Å²) in [4.78, 5) is 9.97. The van der Waals surface area contributed by atoms with Crippen LogP contribution in [-0.2, 0) is 4.79 Å². The highest BCUT2D eigenvalue weighted by Crippen LogP contribution is 2.02. The Kier molecular flexibility index (Phi) is 24.9. The molecule has 2 heteroatoms. The molecular weight excluding hydrogens is 196 g/mol. The zero-order chi connectivity index (χ0) is 12.0. The van der Waals surface area contributed by atoms with Gasteiger partial charge in [0.2, 0.25) is 0 Å². The van der Waals surface area contributed by atoms with Crippen molar-refractivity contribution in [1.29, 1.82) is 0 Å². The van der Waals surface area contributed by atoms with Crippen molar-refractivity contribution in [1.82, 2.24) is 0 Å². The van der Waals surface area contributed by atoms with E-state index >= 15 is 0 Å². The molecule has 0 aliphatic rings. The summed E-state index contributed by atoms with van der Waals surface area (Å²) in [6.07, 6.45) is 4.99. The standard InChI is InChI=1S/C8H11ClO.2C2H6/c1-7(5-6-10)3-4-8(2)9;2*1-2/h3-4,6H,5H2,1-2H3;2*1-2H3/b7-3+,8-4+;;. The van der Waals surface area contributed by atoms with E-state index in [4.69, 9.17) is 11.6 Å². The average molecular weight is 219 g/mol. The van der Waals surface area contributed by atoms with E-state index in [1.165, 1.54) is 0 Å². The number of allylic oxidation sites excluding steroid dienone is 4. The van der Waals surface area contributed by atoms with Crippen LogP contribution in [0.2, 0.25) is 0 Å². The molecule has 0 fully saturated rings. The van der Waals surface area contributed by atoms with Crippen molar-refractivity contribution in [3.05, 3.63) is 22.8 Å². The molecule has 84 valence electrons. The van der Waals surface area contributed by atoms with E-state index in [0.717, 1.165) is 16.9 Å². The van der Waals surface area contributed by atoms with Crippen LogP contribution in [-0.4, -0.2) is 6.29 Å². The molecule has 0 amide bonds. The van der Waals surface area contributed by atoms with Crippen molar-refractivity contribution in [2.45, 2.75) is 48.0 Å². The van der Waals surface area contributed by atoms with Crippen molar-refractivity contribution in [3.8, 4) is 0 Å². The Morgan fingerprint density at radius 3 is 1.79 bits per heavy atom. The van der Waals surface area contributed by atoms with E-state index in [0.29, 0.717) is 6.42 Å². The van der Waals surface area contributed by atoms with Crippen LogP contribution in [0, 0.1) is 0 Å². The molecule has 0 bridgehead atoms. The molecule has 0 unspecified atom stereocenters. The molecule has 14 heavy (non-hydrogen) atoms. The van der Waals surface area contributed by atoms with E-state index in [2.05, 4.69) is 0 Å². The van der Waals surface area contributed by atoms with Gasteiger partial charge in [-0.25, -0.2) is 0 Å². The lowest BCUT2D eigenvalue weighted by molar-refractivity contribution is -0.107. The zero-order valence-corrected chi connectivity index (χ0v) is 11.0. The SMILES string of the molecule is C/C(Cl)=C\C=C(/C)CC=O.CC.CC. The third-order valence-electron chi connectivity index (χ3n) is 1.00. The summed E-state index contributed by atoms with van der Waals surface area (Å²) in [7, 11) is 0. The van der Waals surface area contributed by atoms with Crippen LogP contribution < -0.4 is 0 Å². The zero-order valence-electron chi connectivity index (χ0n) is 10.2. The maximum absolute atomic E-state index is 9.97. The monoisotopic (exact) mass is 218 g/mol. The molecule has 0 heterocycles. The van der Waals surface area contributed by atoms with Gasteiger partial charge in [-0.05, 0) is 19.9 Å². The van der Waals surface area contributed by atoms with Crippen molar-refractivity contribution in [3.63, 3.8) is 0 Å². The van der Waals surface area contributed by atoms with Gasteiger partial charge in [0.25, 0.3) is 0 Å². The van der Waals surface area contributed by atoms with Crippen molar-refractivity contribution < 1.29 is 4.79 Å². The molecule has 0 N–H and O–H groups in total. The summed E-state index contributed by atoms with van der Waals surface area (Å²) in [5.41, 5.74) is 1.02. The Hall–Kier alpha value is -0.560. The third kappa shape index (κ3) is 22.5. The highest BCUT2D eigenvalue weighted by Gasteiger charge is 1.83. The maximum atomic E-state index is 9.97. The van der Waals surface area contributed by atoms with Crippen molar-refractivity contribution >= 4 is 17.9 Å². The first-order valence-electron chi connectivity index (χ1n) is 5.10. The largest absolute Gasteiger partial charge is 0.303 e. The molecule has 0 aliphatic carbocycles. The summed E-state index contributed by atoms with van der Waals surface area (Å²) in [6.45, 7) is 11.7. The summed E-state index contributed by atoms with van der Waals surface area (Å²) < 4.78 is 0. The first-order chi connectivity index (χ1) is 6.66. The Bertz CT molecular complexity index is 165. The number of halogens is 1. The molecule has 0 aliphatic heterocycles. The van der Waals surface area contributed by atoms with Gasteiger partial charge in [-0.2, -0.15) is 0 Å². The van der Waals surface area contributed by atoms with Crippen molar-refractivity contribution in [2.75, 3.05) is 0 Å². The minimum Gasteiger partial charge on any atom is -0.303 e. The third-order valence-corrected chi connectivity index (χ3v) is 1.13. The topological polar surface area (TPSA) is 17.1 Å². The van der Waals surface area contributed by atoms with Crippen LogP contribution in [0.4, 0.5) is 0 Å². The van der Waals surface area contributed by atoms with Crippen molar-refractivity contribution in [2.24, 2.45) is 0 Å². The molecule has 0 spiro atoms. The first-order valence-corrected chi connectivity index (χ1v) is 5.48. The van der Waals surface area contributed by atoms with Gasteiger partial charge in [-0.3, -0.25) is 0 Å². The fraction of sp³-hybridized carbons (Fsp3) is 0.583. The highest BCUT2D eigenvalue weighted by molar-refractivity contribution is 6.29. The summed E-state index contributed by atoms with van der Waals surface area (Å²) in [5, 5.41) is 0.727. The van der Waals surface area contributed by atoms with Gasteiger partial charge in [0.1, 0.15) is 6.29 Å². The molecule has 0 radical (unpaired) electrons. The molecule has 0 saturated heterocycles. The molecule has 0 aromatic rings. The second kappa shape index (κ2) is 18.3. The number of carbonyl (C=O) groups is 1. The molecule has 0 saturated carbocycles. The second-order valence-electron chi connectivity index (χ2n) is 2.14. The molecule has 0 aromatic carbocycles. The van der Waals surface area contributed by atoms with E-state index in [-0.39, 0.29) is 0 Å². The van der Waals surface area contributed by atoms with Crippen LogP contribution in [0.15, 0.2) is 22.8 Å². The summed E-state index contributed by atoms with van der Waals surface area (Å²) >= 11 is 5.55. The van der Waals surface area contributed by atoms with Gasteiger partial charge in [0.15, 0.2) is 0 Å². The second-order valence-corrected chi connectivity index (χ2v) is 2.73. The van der Waals surface area contributed by atoms with E-state index in [1.54, 1.807) is 13.0 Å². The minimum absolute atomic E-state index is 0.487. The normalized spacial score (nSPS) is 10.5. The minimum atomic E-state index is 0.487. The molecule has 0 atom stereocenters. The van der Waals surface area contributed by atoms with E-state index < -0.39 is 0 Å². The maximum Gasteiger partial charge on any atom is 0.124 e. The molecule has 0 rings (SSSR count). The Balaban J connectivity index is -0.000000266. The fourth-order valence-electron chi connectivity index (χ4n) is 0.457. The van der Waals surface area contributed by atoms with Gasteiger partial charge in [-0.1, -0.05) is 50.9 Å². The molecule has 1 nitrogen and oxygen atoms in total. The Labute approximate surface area is 93.9 Å². The van der Waals surface area contributed by atoms with Gasteiger partial charge in [0, 0.05) is 11.5 Å². The summed E-state index contributed by atoms with van der Waals surface area (Å²) in [6, 6.07) is 0. The fourth-order valence-corrected chi connectivity index (χ4v) is 0.520. The number of rotatable bonds is 3. The quantitative estimate of drug-likeness (QED) is 0.495. The van der Waals surface area contributed by atoms with Crippen LogP contribution in [0.3, 0.4) is 0 Å². The van der Waals surface area contributed by atoms with Crippen LogP contribution >= 0.6 is 11.6 Å². The van der Waals surface area contributed by atoms with Gasteiger partial charge in [0.05, 0.1) is 0 Å². The lowest BCUT2D eigenvalue weighted by Crippen LogP contribution is -1.75. The molecule has 0 aromatic heterocycles. The predicted molar refractivity (Wildman–Crippen MR) is 66.7 cm³/mol. The smallest absolute Gasteiger partial charge is 0.124 e. The van der Waals surface area contributed by atoms with E-state index in [9.17, 15) is 4.79 Å². The van der Waals surface area contributed by atoms with Crippen LogP contribution in [0.5, 0.6) is 0 Å². The first kappa shape index (κ1) is 19.1. The van der Waals surface area contributed by atoms with Gasteiger partial charge >= 0.3 is 0 Å². The van der Waals surface area contributed by atoms with Gasteiger partial charge in [-0.15, -0.1) is 0 Å². The van der Waals surface area contributed by atoms with Gasteiger partial charge < -0.3 is 4.79 Å². The predicted octanol–water partition coefficient (Wildman–Crippen LogP) is 4.72. The average Bonchev–Trinajstić information content (AvgIpc) is 2.21. The van der Waals surface area contributed by atoms with Crippen LogP contribution in [0.25, 0.3) is 0 Å². The van der Waals surface area contributed by atoms with Crippen LogP contribution in [0.1, 0.15) is 48.0 Å². The lowest BCUT2D eigenvalue weighted by atomic mass is 10.2. The number of carbonyl (C=O) groups excluding carboxylic acids is 1.